The lowest BCUT2D eigenvalue weighted by Crippen LogP contribution is -2.40. The van der Waals surface area contributed by atoms with Crippen LogP contribution in [0.15, 0.2) is 0 Å². The Hall–Kier alpha value is -1.06. The molecule has 0 spiro atoms. The van der Waals surface area contributed by atoms with Crippen molar-refractivity contribution in [1.82, 2.24) is 5.32 Å². The molecule has 0 aliphatic rings. The minimum absolute atomic E-state index is 0.00588. The first-order valence-corrected chi connectivity index (χ1v) is 5.00. The van der Waals surface area contributed by atoms with Crippen LogP contribution in [0.5, 0.6) is 0 Å². The lowest BCUT2D eigenvalue weighted by atomic mass is 9.92. The predicted octanol–water partition coefficient (Wildman–Crippen LogP) is 1.40. The summed E-state index contributed by atoms with van der Waals surface area (Å²) < 4.78 is 0. The van der Waals surface area contributed by atoms with Crippen LogP contribution >= 0.6 is 0 Å². The van der Waals surface area contributed by atoms with E-state index in [-0.39, 0.29) is 24.3 Å². The van der Waals surface area contributed by atoms with Gasteiger partial charge in [-0.25, -0.2) is 0 Å². The SMILES string of the molecule is CCC(CC)C(CC(=O)O)NC(C)=O. The quantitative estimate of drug-likeness (QED) is 0.682. The molecule has 4 nitrogen and oxygen atoms in total. The summed E-state index contributed by atoms with van der Waals surface area (Å²) in [7, 11) is 0. The van der Waals surface area contributed by atoms with Crippen molar-refractivity contribution in [2.24, 2.45) is 5.92 Å². The van der Waals surface area contributed by atoms with Crippen molar-refractivity contribution in [3.05, 3.63) is 0 Å². The van der Waals surface area contributed by atoms with Crippen LogP contribution in [0, 0.1) is 5.92 Å². The summed E-state index contributed by atoms with van der Waals surface area (Å²) in [6, 6.07) is -0.236. The second-order valence-electron chi connectivity index (χ2n) is 3.48. The van der Waals surface area contributed by atoms with Gasteiger partial charge in [0.1, 0.15) is 0 Å². The van der Waals surface area contributed by atoms with Crippen LogP contribution in [-0.2, 0) is 9.59 Å². The summed E-state index contributed by atoms with van der Waals surface area (Å²) in [6.07, 6.45) is 1.77. The normalized spacial score (nSPS) is 12.6. The van der Waals surface area contributed by atoms with Gasteiger partial charge in [-0.15, -0.1) is 0 Å². The molecule has 0 bridgehead atoms. The van der Waals surface area contributed by atoms with Crippen LogP contribution in [0.2, 0.25) is 0 Å². The Balaban J connectivity index is 4.35. The largest absolute Gasteiger partial charge is 0.481 e. The standard InChI is InChI=1S/C10H19NO3/c1-4-8(5-2)9(6-10(13)14)11-7(3)12/h8-9H,4-6H2,1-3H3,(H,11,12)(H,13,14). The molecule has 0 radical (unpaired) electrons. The molecule has 82 valence electrons. The van der Waals surface area contributed by atoms with E-state index in [1.807, 2.05) is 13.8 Å². The molecule has 0 aliphatic carbocycles. The highest BCUT2D eigenvalue weighted by Crippen LogP contribution is 2.15. The predicted molar refractivity (Wildman–Crippen MR) is 53.9 cm³/mol. The molecule has 0 saturated carbocycles. The molecule has 0 rings (SSSR count). The van der Waals surface area contributed by atoms with E-state index in [2.05, 4.69) is 5.32 Å². The maximum Gasteiger partial charge on any atom is 0.305 e. The number of carbonyl (C=O) groups is 2. The number of aliphatic carboxylic acids is 1. The molecule has 0 aromatic rings. The lowest BCUT2D eigenvalue weighted by molar-refractivity contribution is -0.138. The highest BCUT2D eigenvalue weighted by molar-refractivity contribution is 5.75. The zero-order valence-electron chi connectivity index (χ0n) is 9.04. The van der Waals surface area contributed by atoms with Gasteiger partial charge in [-0.05, 0) is 5.92 Å². The van der Waals surface area contributed by atoms with Crippen molar-refractivity contribution in [2.75, 3.05) is 0 Å². The summed E-state index contributed by atoms with van der Waals surface area (Å²) in [4.78, 5) is 21.4. The minimum atomic E-state index is -0.865. The third kappa shape index (κ3) is 4.84. The van der Waals surface area contributed by atoms with Gasteiger partial charge in [0, 0.05) is 13.0 Å². The molecule has 0 heterocycles. The molecule has 2 N–H and O–H groups in total. The molecule has 0 fully saturated rings. The Morgan fingerprint density at radius 2 is 1.79 bits per heavy atom. The van der Waals surface area contributed by atoms with Crippen LogP contribution in [-0.4, -0.2) is 23.0 Å². The second kappa shape index (κ2) is 6.40. The number of hydrogen-bond donors (Lipinski definition) is 2. The zero-order valence-corrected chi connectivity index (χ0v) is 9.04. The topological polar surface area (TPSA) is 66.4 Å². The van der Waals surface area contributed by atoms with Crippen molar-refractivity contribution in [3.8, 4) is 0 Å². The lowest BCUT2D eigenvalue weighted by Gasteiger charge is -2.24. The Labute approximate surface area is 84.7 Å². The van der Waals surface area contributed by atoms with Crippen molar-refractivity contribution < 1.29 is 14.7 Å². The summed E-state index contributed by atoms with van der Waals surface area (Å²) in [5.74, 6) is -0.784. The molecule has 4 heteroatoms. The molecule has 1 atom stereocenters. The Kier molecular flexibility index (Phi) is 5.92. The highest BCUT2D eigenvalue weighted by Gasteiger charge is 2.21. The molecule has 1 amide bonds. The Morgan fingerprint density at radius 1 is 1.29 bits per heavy atom. The molecule has 1 unspecified atom stereocenters. The Morgan fingerprint density at radius 3 is 2.07 bits per heavy atom. The molecular formula is C10H19NO3. The second-order valence-corrected chi connectivity index (χ2v) is 3.48. The van der Waals surface area contributed by atoms with Crippen LogP contribution in [0.1, 0.15) is 40.0 Å². The third-order valence-corrected chi connectivity index (χ3v) is 2.40. The summed E-state index contributed by atoms with van der Waals surface area (Å²) in [6.45, 7) is 5.42. The first-order chi connectivity index (χ1) is 6.51. The van der Waals surface area contributed by atoms with E-state index in [9.17, 15) is 9.59 Å². The van der Waals surface area contributed by atoms with Gasteiger partial charge in [0.05, 0.1) is 6.42 Å². The zero-order chi connectivity index (χ0) is 11.1. The number of carboxylic acids is 1. The smallest absolute Gasteiger partial charge is 0.305 e. The van der Waals surface area contributed by atoms with Gasteiger partial charge in [-0.1, -0.05) is 26.7 Å². The summed E-state index contributed by atoms with van der Waals surface area (Å²) >= 11 is 0. The van der Waals surface area contributed by atoms with E-state index in [0.717, 1.165) is 12.8 Å². The number of carboxylic acid groups (broad SMARTS) is 1. The summed E-state index contributed by atoms with van der Waals surface area (Å²) in [5, 5.41) is 11.4. The number of nitrogens with one attached hydrogen (secondary N) is 1. The van der Waals surface area contributed by atoms with Crippen LogP contribution in [0.25, 0.3) is 0 Å². The fraction of sp³-hybridized carbons (Fsp3) is 0.800. The number of rotatable bonds is 6. The number of hydrogen-bond acceptors (Lipinski definition) is 2. The van der Waals surface area contributed by atoms with Gasteiger partial charge in [0.25, 0.3) is 0 Å². The average molecular weight is 201 g/mol. The van der Waals surface area contributed by atoms with Crippen molar-refractivity contribution in [1.29, 1.82) is 0 Å². The maximum atomic E-state index is 10.9. The average Bonchev–Trinajstić information content (AvgIpc) is 2.03. The molecule has 0 saturated heterocycles. The van der Waals surface area contributed by atoms with Gasteiger partial charge in [-0.3, -0.25) is 9.59 Å². The first-order valence-electron chi connectivity index (χ1n) is 5.00. The van der Waals surface area contributed by atoms with Crippen LogP contribution < -0.4 is 5.32 Å². The van der Waals surface area contributed by atoms with E-state index >= 15 is 0 Å². The summed E-state index contributed by atoms with van der Waals surface area (Å²) in [5.41, 5.74) is 0. The van der Waals surface area contributed by atoms with E-state index in [1.54, 1.807) is 0 Å². The van der Waals surface area contributed by atoms with Gasteiger partial charge >= 0.3 is 5.97 Å². The monoisotopic (exact) mass is 201 g/mol. The van der Waals surface area contributed by atoms with Gasteiger partial charge < -0.3 is 10.4 Å². The number of amides is 1. The molecule has 0 aromatic heterocycles. The van der Waals surface area contributed by atoms with Crippen molar-refractivity contribution in [2.45, 2.75) is 46.1 Å². The van der Waals surface area contributed by atoms with Gasteiger partial charge in [0.2, 0.25) is 5.91 Å². The van der Waals surface area contributed by atoms with Gasteiger partial charge in [-0.2, -0.15) is 0 Å². The van der Waals surface area contributed by atoms with E-state index < -0.39 is 5.97 Å². The van der Waals surface area contributed by atoms with Crippen molar-refractivity contribution >= 4 is 11.9 Å². The first kappa shape index (κ1) is 12.9. The van der Waals surface area contributed by atoms with E-state index in [4.69, 9.17) is 5.11 Å². The van der Waals surface area contributed by atoms with Gasteiger partial charge in [0.15, 0.2) is 0 Å². The van der Waals surface area contributed by atoms with Crippen LogP contribution in [0.4, 0.5) is 0 Å². The molecule has 14 heavy (non-hydrogen) atoms. The molecule has 0 aliphatic heterocycles. The van der Waals surface area contributed by atoms with E-state index in [0.29, 0.717) is 0 Å². The highest BCUT2D eigenvalue weighted by atomic mass is 16.4. The minimum Gasteiger partial charge on any atom is -0.481 e. The maximum absolute atomic E-state index is 10.9. The van der Waals surface area contributed by atoms with Crippen molar-refractivity contribution in [3.63, 3.8) is 0 Å². The van der Waals surface area contributed by atoms with E-state index in [1.165, 1.54) is 6.92 Å². The fourth-order valence-electron chi connectivity index (χ4n) is 1.64. The Bertz CT molecular complexity index is 184. The van der Waals surface area contributed by atoms with Crippen LogP contribution in [0.3, 0.4) is 0 Å². The third-order valence-electron chi connectivity index (χ3n) is 2.40. The molecular weight excluding hydrogens is 182 g/mol. The number of carbonyl (C=O) groups excluding carboxylic acids is 1. The molecule has 0 aromatic carbocycles. The fourth-order valence-corrected chi connectivity index (χ4v) is 1.64.